The zero-order valence-corrected chi connectivity index (χ0v) is 11.1. The molecule has 0 saturated carbocycles. The Hall–Kier alpha value is -0.480. The second-order valence-electron chi connectivity index (χ2n) is 3.54. The predicted molar refractivity (Wildman–Crippen MR) is 70.9 cm³/mol. The van der Waals surface area contributed by atoms with E-state index in [1.807, 2.05) is 6.08 Å². The Morgan fingerprint density at radius 1 is 1.62 bits per heavy atom. The van der Waals surface area contributed by atoms with Gasteiger partial charge in [0, 0.05) is 18.1 Å². The second-order valence-corrected chi connectivity index (χ2v) is 4.69. The highest BCUT2D eigenvalue weighted by molar-refractivity contribution is 7.99. The Balaban J connectivity index is 3.73. The SMILES string of the molecule is C=CCSCCNC(CCCC)C(=O)OC. The lowest BCUT2D eigenvalue weighted by atomic mass is 10.1. The van der Waals surface area contributed by atoms with Crippen molar-refractivity contribution in [3.63, 3.8) is 0 Å². The Morgan fingerprint density at radius 3 is 2.94 bits per heavy atom. The van der Waals surface area contributed by atoms with E-state index >= 15 is 0 Å². The number of hydrogen-bond acceptors (Lipinski definition) is 4. The van der Waals surface area contributed by atoms with Gasteiger partial charge in [0.25, 0.3) is 0 Å². The lowest BCUT2D eigenvalue weighted by Gasteiger charge is -2.15. The smallest absolute Gasteiger partial charge is 0.322 e. The van der Waals surface area contributed by atoms with Gasteiger partial charge in [-0.25, -0.2) is 0 Å². The molecule has 94 valence electrons. The summed E-state index contributed by atoms with van der Waals surface area (Å²) in [5.74, 6) is 1.80. The van der Waals surface area contributed by atoms with E-state index in [1.165, 1.54) is 7.11 Å². The Bertz CT molecular complexity index is 197. The minimum Gasteiger partial charge on any atom is -0.468 e. The lowest BCUT2D eigenvalue weighted by molar-refractivity contribution is -0.143. The summed E-state index contributed by atoms with van der Waals surface area (Å²) in [6, 6.07) is -0.144. The van der Waals surface area contributed by atoms with Crippen molar-refractivity contribution < 1.29 is 9.53 Å². The number of methoxy groups -OCH3 is 1. The van der Waals surface area contributed by atoms with Gasteiger partial charge in [-0.3, -0.25) is 4.79 Å². The average Bonchev–Trinajstić information content (AvgIpc) is 2.31. The molecular formula is C12H23NO2S. The number of hydrogen-bond donors (Lipinski definition) is 1. The second kappa shape index (κ2) is 11.0. The van der Waals surface area contributed by atoms with E-state index in [-0.39, 0.29) is 12.0 Å². The van der Waals surface area contributed by atoms with E-state index in [2.05, 4.69) is 18.8 Å². The number of thioether (sulfide) groups is 1. The Labute approximate surface area is 103 Å². The molecule has 0 spiro atoms. The molecule has 0 fully saturated rings. The first-order chi connectivity index (χ1) is 7.76. The maximum atomic E-state index is 11.4. The number of ether oxygens (including phenoxy) is 1. The van der Waals surface area contributed by atoms with Crippen LogP contribution in [-0.4, -0.2) is 37.2 Å². The van der Waals surface area contributed by atoms with E-state index in [4.69, 9.17) is 4.74 Å². The summed E-state index contributed by atoms with van der Waals surface area (Å²) >= 11 is 1.81. The van der Waals surface area contributed by atoms with Crippen LogP contribution in [0.25, 0.3) is 0 Å². The van der Waals surface area contributed by atoms with Gasteiger partial charge in [-0.05, 0) is 6.42 Å². The lowest BCUT2D eigenvalue weighted by Crippen LogP contribution is -2.38. The van der Waals surface area contributed by atoms with Crippen LogP contribution in [0.1, 0.15) is 26.2 Å². The van der Waals surface area contributed by atoms with Crippen molar-refractivity contribution in [2.24, 2.45) is 0 Å². The summed E-state index contributed by atoms with van der Waals surface area (Å²) in [7, 11) is 1.44. The molecule has 16 heavy (non-hydrogen) atoms. The van der Waals surface area contributed by atoms with Crippen LogP contribution in [0.3, 0.4) is 0 Å². The molecule has 0 bridgehead atoms. The number of carbonyl (C=O) groups excluding carboxylic acids is 1. The molecule has 0 saturated heterocycles. The van der Waals surface area contributed by atoms with Crippen LogP contribution < -0.4 is 5.32 Å². The maximum Gasteiger partial charge on any atom is 0.322 e. The highest BCUT2D eigenvalue weighted by atomic mass is 32.2. The molecule has 0 radical (unpaired) electrons. The van der Waals surface area contributed by atoms with Gasteiger partial charge in [-0.2, -0.15) is 11.8 Å². The molecule has 1 unspecified atom stereocenters. The van der Waals surface area contributed by atoms with Crippen molar-refractivity contribution in [3.8, 4) is 0 Å². The van der Waals surface area contributed by atoms with E-state index in [0.29, 0.717) is 0 Å². The fourth-order valence-electron chi connectivity index (χ4n) is 1.33. The van der Waals surface area contributed by atoms with Gasteiger partial charge in [0.05, 0.1) is 7.11 Å². The van der Waals surface area contributed by atoms with Crippen molar-refractivity contribution in [2.45, 2.75) is 32.2 Å². The summed E-state index contributed by atoms with van der Waals surface area (Å²) in [6.45, 7) is 6.61. The highest BCUT2D eigenvalue weighted by Crippen LogP contribution is 2.03. The molecule has 0 aliphatic rings. The Kier molecular flexibility index (Phi) is 10.7. The summed E-state index contributed by atoms with van der Waals surface area (Å²) in [4.78, 5) is 11.4. The van der Waals surface area contributed by atoms with E-state index in [0.717, 1.165) is 37.3 Å². The Morgan fingerprint density at radius 2 is 2.38 bits per heavy atom. The standard InChI is InChI=1S/C12H23NO2S/c1-4-6-7-11(12(14)15-3)13-8-10-16-9-5-2/h5,11,13H,2,4,6-10H2,1,3H3. The van der Waals surface area contributed by atoms with E-state index in [1.54, 1.807) is 11.8 Å². The van der Waals surface area contributed by atoms with Crippen molar-refractivity contribution >= 4 is 17.7 Å². The highest BCUT2D eigenvalue weighted by Gasteiger charge is 2.16. The quantitative estimate of drug-likeness (QED) is 0.364. The first-order valence-corrected chi connectivity index (χ1v) is 6.91. The monoisotopic (exact) mass is 245 g/mol. The molecular weight excluding hydrogens is 222 g/mol. The molecule has 0 aromatic heterocycles. The van der Waals surface area contributed by atoms with Crippen molar-refractivity contribution in [1.29, 1.82) is 0 Å². The number of rotatable bonds is 10. The fraction of sp³-hybridized carbons (Fsp3) is 0.750. The molecule has 3 nitrogen and oxygen atoms in total. The van der Waals surface area contributed by atoms with Gasteiger partial charge < -0.3 is 10.1 Å². The molecule has 1 N–H and O–H groups in total. The van der Waals surface area contributed by atoms with Crippen molar-refractivity contribution in [1.82, 2.24) is 5.32 Å². The minimum atomic E-state index is -0.151. The number of esters is 1. The normalized spacial score (nSPS) is 12.1. The molecule has 0 rings (SSSR count). The number of carbonyl (C=O) groups is 1. The topological polar surface area (TPSA) is 38.3 Å². The minimum absolute atomic E-state index is 0.144. The zero-order valence-electron chi connectivity index (χ0n) is 10.3. The third-order valence-corrected chi connectivity index (χ3v) is 3.17. The molecule has 1 atom stereocenters. The van der Waals surface area contributed by atoms with E-state index < -0.39 is 0 Å². The predicted octanol–water partition coefficient (Wildman–Crippen LogP) is 2.23. The molecule has 0 aromatic carbocycles. The fourth-order valence-corrected chi connectivity index (χ4v) is 1.92. The van der Waals surface area contributed by atoms with Crippen LogP contribution in [-0.2, 0) is 9.53 Å². The summed E-state index contributed by atoms with van der Waals surface area (Å²) in [5, 5.41) is 3.23. The molecule has 0 amide bonds. The number of nitrogens with one attached hydrogen (secondary N) is 1. The molecule has 0 heterocycles. The van der Waals surface area contributed by atoms with Gasteiger partial charge in [0.1, 0.15) is 6.04 Å². The summed E-state index contributed by atoms with van der Waals surface area (Å²) < 4.78 is 4.76. The van der Waals surface area contributed by atoms with Crippen LogP contribution in [0.5, 0.6) is 0 Å². The van der Waals surface area contributed by atoms with Crippen molar-refractivity contribution in [2.75, 3.05) is 25.2 Å². The van der Waals surface area contributed by atoms with Crippen molar-refractivity contribution in [3.05, 3.63) is 12.7 Å². The first-order valence-electron chi connectivity index (χ1n) is 5.76. The number of unbranched alkanes of at least 4 members (excludes halogenated alkanes) is 1. The molecule has 0 aromatic rings. The third kappa shape index (κ3) is 7.77. The van der Waals surface area contributed by atoms with Crippen LogP contribution in [0.4, 0.5) is 0 Å². The van der Waals surface area contributed by atoms with Gasteiger partial charge in [0.2, 0.25) is 0 Å². The maximum absolute atomic E-state index is 11.4. The largest absolute Gasteiger partial charge is 0.468 e. The van der Waals surface area contributed by atoms with Crippen LogP contribution >= 0.6 is 11.8 Å². The van der Waals surface area contributed by atoms with Crippen LogP contribution in [0.15, 0.2) is 12.7 Å². The third-order valence-electron chi connectivity index (χ3n) is 2.20. The van der Waals surface area contributed by atoms with E-state index in [9.17, 15) is 4.79 Å². The zero-order chi connectivity index (χ0) is 12.2. The first kappa shape index (κ1) is 15.5. The van der Waals surface area contributed by atoms with Gasteiger partial charge >= 0.3 is 5.97 Å². The molecule has 4 heteroatoms. The van der Waals surface area contributed by atoms with Crippen LogP contribution in [0.2, 0.25) is 0 Å². The van der Waals surface area contributed by atoms with Gasteiger partial charge in [-0.1, -0.05) is 25.8 Å². The average molecular weight is 245 g/mol. The van der Waals surface area contributed by atoms with Crippen LogP contribution in [0, 0.1) is 0 Å². The summed E-state index contributed by atoms with van der Waals surface area (Å²) in [6.07, 6.45) is 4.89. The molecule has 0 aliphatic carbocycles. The van der Waals surface area contributed by atoms with Gasteiger partial charge in [0.15, 0.2) is 0 Å². The molecule has 0 aliphatic heterocycles. The van der Waals surface area contributed by atoms with Gasteiger partial charge in [-0.15, -0.1) is 6.58 Å². The summed E-state index contributed by atoms with van der Waals surface area (Å²) in [5.41, 5.74) is 0.